The van der Waals surface area contributed by atoms with Crippen molar-refractivity contribution in [1.29, 1.82) is 0 Å². The monoisotopic (exact) mass is 256 g/mol. The lowest BCUT2D eigenvalue weighted by molar-refractivity contribution is -0.121. The van der Waals surface area contributed by atoms with E-state index in [0.717, 1.165) is 32.2 Å². The third kappa shape index (κ3) is 5.01. The standard InChI is InChI=1S/C12H24N4O2/c1-3-14-9-4-6-10(7-5-9)16(2)8-11(17)15-12(13)18/h9-10,14H,3-8H2,1-2H3,(H3,13,15,17,18). The van der Waals surface area contributed by atoms with Crippen LogP contribution < -0.4 is 16.4 Å². The quantitative estimate of drug-likeness (QED) is 0.648. The van der Waals surface area contributed by atoms with Gasteiger partial charge in [0.15, 0.2) is 0 Å². The number of nitrogens with zero attached hydrogens (tertiary/aromatic N) is 1. The minimum atomic E-state index is -0.788. The number of carbonyl (C=O) groups is 2. The zero-order chi connectivity index (χ0) is 13.5. The van der Waals surface area contributed by atoms with Crippen LogP contribution in [0.2, 0.25) is 0 Å². The van der Waals surface area contributed by atoms with Crippen LogP contribution >= 0.6 is 0 Å². The molecule has 0 radical (unpaired) electrons. The number of hydrogen-bond donors (Lipinski definition) is 3. The van der Waals surface area contributed by atoms with Crippen LogP contribution in [0.15, 0.2) is 0 Å². The molecule has 18 heavy (non-hydrogen) atoms. The summed E-state index contributed by atoms with van der Waals surface area (Å²) in [6.07, 6.45) is 4.44. The average molecular weight is 256 g/mol. The highest BCUT2D eigenvalue weighted by atomic mass is 16.2. The molecule has 104 valence electrons. The van der Waals surface area contributed by atoms with E-state index in [9.17, 15) is 9.59 Å². The predicted octanol–water partition coefficient (Wildman–Crippen LogP) is 0.0338. The van der Waals surface area contributed by atoms with Crippen LogP contribution in [0.3, 0.4) is 0 Å². The molecule has 1 rings (SSSR count). The molecule has 1 fully saturated rings. The topological polar surface area (TPSA) is 87.5 Å². The van der Waals surface area contributed by atoms with Crippen LogP contribution in [0.5, 0.6) is 0 Å². The molecule has 6 heteroatoms. The van der Waals surface area contributed by atoms with E-state index in [1.165, 1.54) is 0 Å². The summed E-state index contributed by atoms with van der Waals surface area (Å²) in [7, 11) is 1.92. The lowest BCUT2D eigenvalue weighted by Crippen LogP contribution is -2.46. The van der Waals surface area contributed by atoms with Crippen molar-refractivity contribution in [2.24, 2.45) is 5.73 Å². The predicted molar refractivity (Wildman–Crippen MR) is 70.1 cm³/mol. The number of hydrogen-bond acceptors (Lipinski definition) is 4. The minimum absolute atomic E-state index is 0.222. The highest BCUT2D eigenvalue weighted by Crippen LogP contribution is 2.22. The van der Waals surface area contributed by atoms with E-state index in [1.54, 1.807) is 0 Å². The fourth-order valence-electron chi connectivity index (χ4n) is 2.54. The Bertz CT molecular complexity index is 288. The molecule has 0 aliphatic heterocycles. The summed E-state index contributed by atoms with van der Waals surface area (Å²) < 4.78 is 0. The fourth-order valence-corrected chi connectivity index (χ4v) is 2.54. The molecule has 1 aliphatic carbocycles. The van der Waals surface area contributed by atoms with Gasteiger partial charge in [-0.1, -0.05) is 6.92 Å². The molecule has 0 atom stereocenters. The summed E-state index contributed by atoms with van der Waals surface area (Å²) in [6.45, 7) is 3.35. The molecule has 0 aromatic carbocycles. The molecule has 3 amide bonds. The smallest absolute Gasteiger partial charge is 0.318 e. The second-order valence-electron chi connectivity index (χ2n) is 4.89. The molecule has 0 unspecified atom stereocenters. The van der Waals surface area contributed by atoms with Gasteiger partial charge in [-0.05, 0) is 39.3 Å². The maximum absolute atomic E-state index is 11.4. The van der Waals surface area contributed by atoms with E-state index in [0.29, 0.717) is 12.1 Å². The number of nitrogens with two attached hydrogens (primary N) is 1. The molecule has 0 aromatic rings. The van der Waals surface area contributed by atoms with E-state index >= 15 is 0 Å². The van der Waals surface area contributed by atoms with Gasteiger partial charge in [0.05, 0.1) is 6.54 Å². The molecular formula is C12H24N4O2. The Hall–Kier alpha value is -1.14. The van der Waals surface area contributed by atoms with Gasteiger partial charge in [0.25, 0.3) is 0 Å². The number of rotatable bonds is 5. The Balaban J connectivity index is 2.29. The van der Waals surface area contributed by atoms with Gasteiger partial charge >= 0.3 is 6.03 Å². The number of likely N-dealkylation sites (N-methyl/N-ethyl adjacent to an activating group) is 1. The molecule has 0 bridgehead atoms. The van der Waals surface area contributed by atoms with Gasteiger partial charge in [-0.3, -0.25) is 15.0 Å². The Morgan fingerprint density at radius 2 is 1.89 bits per heavy atom. The normalized spacial score (nSPS) is 23.9. The third-order valence-corrected chi connectivity index (χ3v) is 3.47. The Morgan fingerprint density at radius 1 is 1.28 bits per heavy atom. The first-order valence-corrected chi connectivity index (χ1v) is 6.55. The van der Waals surface area contributed by atoms with Crippen LogP contribution in [0.4, 0.5) is 4.79 Å². The van der Waals surface area contributed by atoms with Crippen molar-refractivity contribution >= 4 is 11.9 Å². The second-order valence-corrected chi connectivity index (χ2v) is 4.89. The maximum Gasteiger partial charge on any atom is 0.318 e. The molecule has 6 nitrogen and oxygen atoms in total. The largest absolute Gasteiger partial charge is 0.351 e. The van der Waals surface area contributed by atoms with E-state index in [1.807, 2.05) is 11.9 Å². The number of amides is 3. The molecule has 0 aromatic heterocycles. The lowest BCUT2D eigenvalue weighted by atomic mass is 9.90. The van der Waals surface area contributed by atoms with Gasteiger partial charge in [0.2, 0.25) is 5.91 Å². The fraction of sp³-hybridized carbons (Fsp3) is 0.833. The molecule has 0 spiro atoms. The van der Waals surface area contributed by atoms with Crippen molar-refractivity contribution in [3.05, 3.63) is 0 Å². The zero-order valence-electron chi connectivity index (χ0n) is 11.2. The number of primary amides is 1. The Labute approximate surface area is 108 Å². The van der Waals surface area contributed by atoms with Crippen LogP contribution in [-0.4, -0.2) is 49.1 Å². The van der Waals surface area contributed by atoms with Crippen LogP contribution in [0.25, 0.3) is 0 Å². The maximum atomic E-state index is 11.4. The third-order valence-electron chi connectivity index (χ3n) is 3.47. The summed E-state index contributed by atoms with van der Waals surface area (Å²) in [5, 5.41) is 5.54. The first-order chi connectivity index (χ1) is 8.52. The lowest BCUT2D eigenvalue weighted by Gasteiger charge is -2.34. The van der Waals surface area contributed by atoms with Gasteiger partial charge in [-0.15, -0.1) is 0 Å². The first kappa shape index (κ1) is 14.9. The molecule has 4 N–H and O–H groups in total. The van der Waals surface area contributed by atoms with Crippen LogP contribution in [-0.2, 0) is 4.79 Å². The van der Waals surface area contributed by atoms with Gasteiger partial charge in [0.1, 0.15) is 0 Å². The summed E-state index contributed by atoms with van der Waals surface area (Å²) in [5.41, 5.74) is 4.90. The van der Waals surface area contributed by atoms with Gasteiger partial charge < -0.3 is 11.1 Å². The van der Waals surface area contributed by atoms with Crippen molar-refractivity contribution in [2.45, 2.75) is 44.7 Å². The number of imide groups is 1. The summed E-state index contributed by atoms with van der Waals surface area (Å²) in [4.78, 5) is 24.0. The first-order valence-electron chi connectivity index (χ1n) is 6.55. The average Bonchev–Trinajstić information content (AvgIpc) is 2.29. The second kappa shape index (κ2) is 7.33. The number of carbonyl (C=O) groups excluding carboxylic acids is 2. The summed E-state index contributed by atoms with van der Waals surface area (Å²) in [5.74, 6) is -0.334. The molecule has 1 saturated carbocycles. The van der Waals surface area contributed by atoms with Gasteiger partial charge in [-0.2, -0.15) is 0 Å². The Kier molecular flexibility index (Phi) is 6.07. The van der Waals surface area contributed by atoms with Gasteiger partial charge in [0, 0.05) is 12.1 Å². The Morgan fingerprint density at radius 3 is 2.39 bits per heavy atom. The van der Waals surface area contributed by atoms with Crippen LogP contribution in [0, 0.1) is 0 Å². The number of nitrogens with one attached hydrogen (secondary N) is 2. The van der Waals surface area contributed by atoms with Crippen molar-refractivity contribution in [1.82, 2.24) is 15.5 Å². The molecule has 1 aliphatic rings. The number of urea groups is 1. The molecular weight excluding hydrogens is 232 g/mol. The van der Waals surface area contributed by atoms with E-state index < -0.39 is 6.03 Å². The molecule has 0 heterocycles. The van der Waals surface area contributed by atoms with E-state index in [2.05, 4.69) is 17.6 Å². The van der Waals surface area contributed by atoms with Gasteiger partial charge in [-0.25, -0.2) is 4.79 Å². The van der Waals surface area contributed by atoms with Crippen molar-refractivity contribution in [2.75, 3.05) is 20.1 Å². The van der Waals surface area contributed by atoms with E-state index in [-0.39, 0.29) is 12.5 Å². The van der Waals surface area contributed by atoms with Crippen LogP contribution in [0.1, 0.15) is 32.6 Å². The molecule has 0 saturated heterocycles. The highest BCUT2D eigenvalue weighted by molar-refractivity contribution is 5.94. The van der Waals surface area contributed by atoms with Crippen molar-refractivity contribution in [3.63, 3.8) is 0 Å². The zero-order valence-corrected chi connectivity index (χ0v) is 11.2. The highest BCUT2D eigenvalue weighted by Gasteiger charge is 2.24. The van der Waals surface area contributed by atoms with Crippen molar-refractivity contribution in [3.8, 4) is 0 Å². The summed E-state index contributed by atoms with van der Waals surface area (Å²) >= 11 is 0. The van der Waals surface area contributed by atoms with Crippen molar-refractivity contribution < 1.29 is 9.59 Å². The summed E-state index contributed by atoms with van der Waals surface area (Å²) in [6, 6.07) is 0.238. The minimum Gasteiger partial charge on any atom is -0.351 e. The van der Waals surface area contributed by atoms with E-state index in [4.69, 9.17) is 5.73 Å². The SMILES string of the molecule is CCNC1CCC(N(C)CC(=O)NC(N)=O)CC1.